The summed E-state index contributed by atoms with van der Waals surface area (Å²) >= 11 is 6.24. The minimum absolute atomic E-state index is 0.134. The zero-order valence-corrected chi connectivity index (χ0v) is 19.4. The zero-order chi connectivity index (χ0) is 22.6. The minimum Gasteiger partial charge on any atom is -0.486 e. The summed E-state index contributed by atoms with van der Waals surface area (Å²) in [4.78, 5) is 12.8. The fourth-order valence-corrected chi connectivity index (χ4v) is 5.21. The van der Waals surface area contributed by atoms with Crippen molar-refractivity contribution in [2.45, 2.75) is 38.1 Å². The van der Waals surface area contributed by atoms with Gasteiger partial charge in [0.1, 0.15) is 13.2 Å². The second-order valence-corrected chi connectivity index (χ2v) is 9.57. The highest BCUT2D eigenvalue weighted by Gasteiger charge is 2.22. The molecule has 168 valence electrons. The van der Waals surface area contributed by atoms with E-state index in [1.165, 1.54) is 4.31 Å². The van der Waals surface area contributed by atoms with Gasteiger partial charge in [0.15, 0.2) is 11.5 Å². The van der Waals surface area contributed by atoms with E-state index in [-0.39, 0.29) is 23.3 Å². The van der Waals surface area contributed by atoms with Crippen molar-refractivity contribution in [1.29, 1.82) is 0 Å². The molecule has 2 aromatic carbocycles. The Morgan fingerprint density at radius 1 is 1.13 bits per heavy atom. The van der Waals surface area contributed by atoms with Crippen molar-refractivity contribution in [3.63, 3.8) is 0 Å². The third-order valence-corrected chi connectivity index (χ3v) is 7.47. The molecule has 0 bridgehead atoms. The fraction of sp³-hybridized carbons (Fsp3) is 0.409. The maximum Gasteiger partial charge on any atom is 0.243 e. The number of amides is 1. The molecule has 0 aromatic heterocycles. The van der Waals surface area contributed by atoms with Gasteiger partial charge in [-0.3, -0.25) is 4.79 Å². The first kappa shape index (κ1) is 23.4. The van der Waals surface area contributed by atoms with E-state index in [1.54, 1.807) is 36.4 Å². The monoisotopic (exact) mass is 466 g/mol. The van der Waals surface area contributed by atoms with Crippen LogP contribution >= 0.6 is 11.6 Å². The fourth-order valence-electron chi connectivity index (χ4n) is 3.47. The molecule has 0 saturated carbocycles. The first-order chi connectivity index (χ1) is 14.8. The standard InChI is InChI=1S/C22H27ClN2O5S/c1-4-25(5-2)31(27,28)18-8-6-17(7-9-18)15(3)24-21(26)14-16-12-19(23)22-20(13-16)29-10-11-30-22/h6-9,12-13,15H,4-5,10-11,14H2,1-3H3,(H,24,26). The van der Waals surface area contributed by atoms with Crippen LogP contribution in [0, 0.1) is 0 Å². The summed E-state index contributed by atoms with van der Waals surface area (Å²) in [6, 6.07) is 9.78. The van der Waals surface area contributed by atoms with Gasteiger partial charge in [0.25, 0.3) is 0 Å². The largest absolute Gasteiger partial charge is 0.486 e. The van der Waals surface area contributed by atoms with Crippen LogP contribution in [-0.2, 0) is 21.2 Å². The molecule has 7 nitrogen and oxygen atoms in total. The van der Waals surface area contributed by atoms with E-state index in [0.717, 1.165) is 11.1 Å². The highest BCUT2D eigenvalue weighted by molar-refractivity contribution is 7.89. The summed E-state index contributed by atoms with van der Waals surface area (Å²) in [5, 5.41) is 3.35. The van der Waals surface area contributed by atoms with Gasteiger partial charge in [-0.25, -0.2) is 8.42 Å². The molecule has 1 heterocycles. The number of carbonyl (C=O) groups is 1. The molecule has 0 radical (unpaired) electrons. The Balaban J connectivity index is 1.66. The summed E-state index contributed by atoms with van der Waals surface area (Å²) in [6.45, 7) is 7.18. The van der Waals surface area contributed by atoms with Crippen LogP contribution in [0.15, 0.2) is 41.3 Å². The smallest absolute Gasteiger partial charge is 0.243 e. The van der Waals surface area contributed by atoms with Crippen LogP contribution in [0.1, 0.15) is 37.9 Å². The summed E-state index contributed by atoms with van der Waals surface area (Å²) in [5.74, 6) is 0.866. The van der Waals surface area contributed by atoms with Gasteiger partial charge in [-0.1, -0.05) is 37.6 Å². The lowest BCUT2D eigenvalue weighted by molar-refractivity contribution is -0.121. The molecule has 2 aromatic rings. The average molecular weight is 467 g/mol. The predicted octanol–water partition coefficient (Wildman–Crippen LogP) is 3.56. The van der Waals surface area contributed by atoms with Crippen LogP contribution in [0.2, 0.25) is 5.02 Å². The van der Waals surface area contributed by atoms with Gasteiger partial charge >= 0.3 is 0 Å². The molecule has 1 aliphatic rings. The molecule has 0 saturated heterocycles. The second-order valence-electron chi connectivity index (χ2n) is 7.23. The summed E-state index contributed by atoms with van der Waals surface area (Å²) in [6.07, 6.45) is 0.134. The van der Waals surface area contributed by atoms with E-state index in [0.29, 0.717) is 42.8 Å². The Hall–Kier alpha value is -2.29. The molecule has 1 N–H and O–H groups in total. The van der Waals surface area contributed by atoms with Gasteiger partial charge in [0.2, 0.25) is 15.9 Å². The number of hydrogen-bond donors (Lipinski definition) is 1. The number of nitrogens with zero attached hydrogens (tertiary/aromatic N) is 1. The zero-order valence-electron chi connectivity index (χ0n) is 17.9. The maximum absolute atomic E-state index is 12.6. The van der Waals surface area contributed by atoms with Gasteiger partial charge < -0.3 is 14.8 Å². The number of hydrogen-bond acceptors (Lipinski definition) is 5. The molecular formula is C22H27ClN2O5S. The second kappa shape index (κ2) is 9.89. The van der Waals surface area contributed by atoms with Gasteiger partial charge in [-0.05, 0) is 42.3 Å². The lowest BCUT2D eigenvalue weighted by Gasteiger charge is -2.21. The average Bonchev–Trinajstić information content (AvgIpc) is 2.74. The SMILES string of the molecule is CCN(CC)S(=O)(=O)c1ccc(C(C)NC(=O)Cc2cc(Cl)c3c(c2)OCCO3)cc1. The number of halogens is 1. The van der Waals surface area contributed by atoms with E-state index in [9.17, 15) is 13.2 Å². The van der Waals surface area contributed by atoms with Gasteiger partial charge in [0.05, 0.1) is 22.4 Å². The van der Waals surface area contributed by atoms with Crippen molar-refractivity contribution < 1.29 is 22.7 Å². The molecule has 0 aliphatic carbocycles. The number of sulfonamides is 1. The summed E-state index contributed by atoms with van der Waals surface area (Å²) in [5.41, 5.74) is 1.53. The molecule has 31 heavy (non-hydrogen) atoms. The Morgan fingerprint density at radius 3 is 2.42 bits per heavy atom. The van der Waals surface area contributed by atoms with E-state index in [4.69, 9.17) is 21.1 Å². The van der Waals surface area contributed by atoms with Crippen molar-refractivity contribution in [1.82, 2.24) is 9.62 Å². The Kier molecular flexibility index (Phi) is 7.46. The van der Waals surface area contributed by atoms with E-state index >= 15 is 0 Å². The first-order valence-electron chi connectivity index (χ1n) is 10.2. The number of ether oxygens (including phenoxy) is 2. The summed E-state index contributed by atoms with van der Waals surface area (Å²) < 4.78 is 37.7. The van der Waals surface area contributed by atoms with E-state index in [2.05, 4.69) is 5.32 Å². The Morgan fingerprint density at radius 2 is 1.77 bits per heavy atom. The van der Waals surface area contributed by atoms with Crippen molar-refractivity contribution in [3.8, 4) is 11.5 Å². The summed E-state index contributed by atoms with van der Waals surface area (Å²) in [7, 11) is -3.51. The topological polar surface area (TPSA) is 84.9 Å². The van der Waals surface area contributed by atoms with Crippen LogP contribution in [0.5, 0.6) is 11.5 Å². The van der Waals surface area contributed by atoms with E-state index < -0.39 is 10.0 Å². The van der Waals surface area contributed by atoms with Crippen LogP contribution in [0.3, 0.4) is 0 Å². The van der Waals surface area contributed by atoms with Crippen molar-refractivity contribution in [3.05, 3.63) is 52.5 Å². The molecule has 1 amide bonds. The van der Waals surface area contributed by atoms with E-state index in [1.807, 2.05) is 20.8 Å². The normalized spacial score (nSPS) is 14.4. The molecule has 1 aliphatic heterocycles. The molecule has 0 fully saturated rings. The quantitative estimate of drug-likeness (QED) is 0.643. The predicted molar refractivity (Wildman–Crippen MR) is 119 cm³/mol. The number of rotatable bonds is 8. The number of nitrogens with one attached hydrogen (secondary N) is 1. The third kappa shape index (κ3) is 5.31. The number of fused-ring (bicyclic) bond motifs is 1. The molecule has 0 spiro atoms. The number of carbonyl (C=O) groups excluding carboxylic acids is 1. The molecule has 3 rings (SSSR count). The lowest BCUT2D eigenvalue weighted by Crippen LogP contribution is -2.30. The van der Waals surface area contributed by atoms with Gasteiger partial charge in [-0.15, -0.1) is 0 Å². The van der Waals surface area contributed by atoms with Crippen LogP contribution in [0.4, 0.5) is 0 Å². The van der Waals surface area contributed by atoms with Crippen LogP contribution in [-0.4, -0.2) is 44.9 Å². The minimum atomic E-state index is -3.51. The molecular weight excluding hydrogens is 440 g/mol. The maximum atomic E-state index is 12.6. The lowest BCUT2D eigenvalue weighted by atomic mass is 10.1. The highest BCUT2D eigenvalue weighted by atomic mass is 35.5. The van der Waals surface area contributed by atoms with Crippen LogP contribution in [0.25, 0.3) is 0 Å². The first-order valence-corrected chi connectivity index (χ1v) is 12.1. The van der Waals surface area contributed by atoms with Crippen molar-refractivity contribution in [2.75, 3.05) is 26.3 Å². The van der Waals surface area contributed by atoms with Gasteiger partial charge in [0, 0.05) is 13.1 Å². The highest BCUT2D eigenvalue weighted by Crippen LogP contribution is 2.38. The van der Waals surface area contributed by atoms with Crippen molar-refractivity contribution >= 4 is 27.5 Å². The molecule has 1 atom stereocenters. The Bertz CT molecular complexity index is 1040. The molecule has 9 heteroatoms. The van der Waals surface area contributed by atoms with Gasteiger partial charge in [-0.2, -0.15) is 4.31 Å². The third-order valence-electron chi connectivity index (χ3n) is 5.12. The Labute approximate surface area is 188 Å². The molecule has 1 unspecified atom stereocenters. The van der Waals surface area contributed by atoms with Crippen molar-refractivity contribution in [2.24, 2.45) is 0 Å². The number of benzene rings is 2. The van der Waals surface area contributed by atoms with Crippen LogP contribution < -0.4 is 14.8 Å².